The maximum absolute atomic E-state index is 12.4. The second-order valence-corrected chi connectivity index (χ2v) is 6.83. The number of nitriles is 1. The summed E-state index contributed by atoms with van der Waals surface area (Å²) in [5.74, 6) is 0.235. The number of hydrogen-bond donors (Lipinski definition) is 1. The Morgan fingerprint density at radius 1 is 1.15 bits per heavy atom. The van der Waals surface area contributed by atoms with Crippen molar-refractivity contribution in [3.8, 4) is 11.9 Å². The summed E-state index contributed by atoms with van der Waals surface area (Å²) in [5, 5.41) is 12.2. The van der Waals surface area contributed by atoms with Gasteiger partial charge in [0, 0.05) is 43.8 Å². The van der Waals surface area contributed by atoms with Crippen LogP contribution >= 0.6 is 0 Å². The fraction of sp³-hybridized carbons (Fsp3) is 0.400. The molecule has 1 aromatic carbocycles. The molecular weight excluding hydrogens is 342 g/mol. The van der Waals surface area contributed by atoms with Crippen LogP contribution in [0.25, 0.3) is 0 Å². The van der Waals surface area contributed by atoms with Crippen molar-refractivity contribution in [3.05, 3.63) is 47.9 Å². The van der Waals surface area contributed by atoms with Gasteiger partial charge in [-0.25, -0.2) is 9.97 Å². The maximum atomic E-state index is 12.4. The fourth-order valence-electron chi connectivity index (χ4n) is 3.15. The van der Waals surface area contributed by atoms with Crippen molar-refractivity contribution in [3.63, 3.8) is 0 Å². The average Bonchev–Trinajstić information content (AvgIpc) is 2.70. The number of benzene rings is 1. The summed E-state index contributed by atoms with van der Waals surface area (Å²) in [6, 6.07) is 9.68. The summed E-state index contributed by atoms with van der Waals surface area (Å²) in [6.45, 7) is 0. The number of anilines is 1. The second-order valence-electron chi connectivity index (χ2n) is 6.83. The van der Waals surface area contributed by atoms with Gasteiger partial charge in [0.2, 0.25) is 5.69 Å². The molecule has 27 heavy (non-hydrogen) atoms. The monoisotopic (exact) mass is 365 g/mol. The Balaban J connectivity index is 1.50. The zero-order valence-electron chi connectivity index (χ0n) is 15.6. The maximum Gasteiger partial charge on any atom is 0.251 e. The van der Waals surface area contributed by atoms with Gasteiger partial charge >= 0.3 is 0 Å². The molecule has 1 heterocycles. The number of nitrogens with one attached hydrogen (secondary N) is 1. The van der Waals surface area contributed by atoms with E-state index in [2.05, 4.69) is 15.3 Å². The summed E-state index contributed by atoms with van der Waals surface area (Å²) in [7, 11) is 3.94. The van der Waals surface area contributed by atoms with E-state index < -0.39 is 0 Å². The lowest BCUT2D eigenvalue weighted by atomic mass is 9.92. The Morgan fingerprint density at radius 2 is 1.81 bits per heavy atom. The van der Waals surface area contributed by atoms with Crippen molar-refractivity contribution in [2.24, 2.45) is 0 Å². The molecule has 7 heteroatoms. The molecule has 0 aliphatic heterocycles. The van der Waals surface area contributed by atoms with E-state index in [1.54, 1.807) is 0 Å². The lowest BCUT2D eigenvalue weighted by molar-refractivity contribution is 0.0889. The first-order valence-corrected chi connectivity index (χ1v) is 9.03. The van der Waals surface area contributed by atoms with Crippen LogP contribution in [-0.2, 0) is 0 Å². The molecule has 1 fully saturated rings. The molecule has 0 bridgehead atoms. The van der Waals surface area contributed by atoms with E-state index in [4.69, 9.17) is 10.00 Å². The molecule has 1 saturated carbocycles. The third-order valence-electron chi connectivity index (χ3n) is 4.70. The van der Waals surface area contributed by atoms with E-state index in [0.717, 1.165) is 31.4 Å². The Hall–Kier alpha value is -3.14. The molecule has 7 nitrogen and oxygen atoms in total. The molecule has 0 spiro atoms. The van der Waals surface area contributed by atoms with Gasteiger partial charge < -0.3 is 15.0 Å². The fourth-order valence-corrected chi connectivity index (χ4v) is 3.15. The molecular formula is C20H23N5O2. The van der Waals surface area contributed by atoms with Crippen molar-refractivity contribution in [2.45, 2.75) is 37.8 Å². The second kappa shape index (κ2) is 8.49. The van der Waals surface area contributed by atoms with Crippen LogP contribution in [0.15, 0.2) is 36.7 Å². The highest BCUT2D eigenvalue weighted by Gasteiger charge is 2.25. The standard InChI is InChI=1S/C20H23N5O2/c1-25(2)16-7-3-14(4-8-16)19(26)24-15-5-9-17(10-6-15)27-20-18(13-21)22-11-12-23-20/h3-4,7-8,11-12,15,17H,5-6,9-10H2,1-2H3,(H,24,26). The number of nitrogens with zero attached hydrogens (tertiary/aromatic N) is 4. The zero-order valence-corrected chi connectivity index (χ0v) is 15.6. The van der Waals surface area contributed by atoms with Crippen LogP contribution in [0.4, 0.5) is 5.69 Å². The van der Waals surface area contributed by atoms with Crippen LogP contribution in [-0.4, -0.2) is 42.1 Å². The van der Waals surface area contributed by atoms with E-state index in [0.29, 0.717) is 5.56 Å². The van der Waals surface area contributed by atoms with E-state index >= 15 is 0 Å². The van der Waals surface area contributed by atoms with Gasteiger partial charge in [-0.2, -0.15) is 5.26 Å². The minimum absolute atomic E-state index is 0.0127. The molecule has 2 aromatic rings. The summed E-state index contributed by atoms with van der Waals surface area (Å²) in [5.41, 5.74) is 1.93. The molecule has 1 N–H and O–H groups in total. The Kier molecular flexibility index (Phi) is 5.87. The van der Waals surface area contributed by atoms with Gasteiger partial charge in [0.1, 0.15) is 12.2 Å². The largest absolute Gasteiger partial charge is 0.472 e. The number of amides is 1. The number of aromatic nitrogens is 2. The van der Waals surface area contributed by atoms with Crippen LogP contribution in [0, 0.1) is 11.3 Å². The van der Waals surface area contributed by atoms with Gasteiger partial charge in [0.25, 0.3) is 11.8 Å². The number of ether oxygens (including phenoxy) is 1. The average molecular weight is 365 g/mol. The quantitative estimate of drug-likeness (QED) is 0.875. The third kappa shape index (κ3) is 4.73. The minimum Gasteiger partial charge on any atom is -0.472 e. The van der Waals surface area contributed by atoms with Crippen LogP contribution < -0.4 is 15.0 Å². The minimum atomic E-state index is -0.0506. The molecule has 1 amide bonds. The Labute approximate surface area is 159 Å². The molecule has 140 valence electrons. The van der Waals surface area contributed by atoms with Gasteiger partial charge in [-0.05, 0) is 49.9 Å². The Bertz CT molecular complexity index is 821. The molecule has 0 saturated heterocycles. The molecule has 0 radical (unpaired) electrons. The SMILES string of the molecule is CN(C)c1ccc(C(=O)NC2CCC(Oc3nccnc3C#N)CC2)cc1. The lowest BCUT2D eigenvalue weighted by Crippen LogP contribution is -2.39. The van der Waals surface area contributed by atoms with E-state index in [9.17, 15) is 4.79 Å². The van der Waals surface area contributed by atoms with Gasteiger partial charge in [-0.15, -0.1) is 0 Å². The zero-order chi connectivity index (χ0) is 19.2. The van der Waals surface area contributed by atoms with E-state index in [1.807, 2.05) is 49.3 Å². The molecule has 1 aliphatic rings. The molecule has 1 aromatic heterocycles. The topological polar surface area (TPSA) is 91.1 Å². The van der Waals surface area contributed by atoms with Crippen molar-refractivity contribution >= 4 is 11.6 Å². The first kappa shape index (κ1) is 18.6. The first-order valence-electron chi connectivity index (χ1n) is 9.03. The van der Waals surface area contributed by atoms with Crippen molar-refractivity contribution in [2.75, 3.05) is 19.0 Å². The molecule has 1 aliphatic carbocycles. The third-order valence-corrected chi connectivity index (χ3v) is 4.70. The normalized spacial score (nSPS) is 19.0. The summed E-state index contributed by atoms with van der Waals surface area (Å²) in [4.78, 5) is 22.5. The lowest BCUT2D eigenvalue weighted by Gasteiger charge is -2.29. The number of carbonyl (C=O) groups is 1. The van der Waals surface area contributed by atoms with Gasteiger partial charge in [-0.3, -0.25) is 4.79 Å². The van der Waals surface area contributed by atoms with Crippen LogP contribution in [0.5, 0.6) is 5.88 Å². The van der Waals surface area contributed by atoms with Crippen molar-refractivity contribution in [1.82, 2.24) is 15.3 Å². The van der Waals surface area contributed by atoms with Crippen LogP contribution in [0.1, 0.15) is 41.7 Å². The van der Waals surface area contributed by atoms with Crippen LogP contribution in [0.2, 0.25) is 0 Å². The van der Waals surface area contributed by atoms with E-state index in [1.165, 1.54) is 12.4 Å². The van der Waals surface area contributed by atoms with Gasteiger partial charge in [-0.1, -0.05) is 0 Å². The Morgan fingerprint density at radius 3 is 2.44 bits per heavy atom. The van der Waals surface area contributed by atoms with Crippen molar-refractivity contribution < 1.29 is 9.53 Å². The van der Waals surface area contributed by atoms with Crippen LogP contribution in [0.3, 0.4) is 0 Å². The number of carbonyl (C=O) groups excluding carboxylic acids is 1. The molecule has 0 atom stereocenters. The van der Waals surface area contributed by atoms with E-state index in [-0.39, 0.29) is 29.6 Å². The van der Waals surface area contributed by atoms with Crippen molar-refractivity contribution in [1.29, 1.82) is 5.26 Å². The number of hydrogen-bond acceptors (Lipinski definition) is 6. The predicted octanol–water partition coefficient (Wildman–Crippen LogP) is 2.53. The predicted molar refractivity (Wildman–Crippen MR) is 102 cm³/mol. The highest BCUT2D eigenvalue weighted by molar-refractivity contribution is 5.94. The highest BCUT2D eigenvalue weighted by Crippen LogP contribution is 2.24. The smallest absolute Gasteiger partial charge is 0.251 e. The number of rotatable bonds is 5. The molecule has 3 rings (SSSR count). The van der Waals surface area contributed by atoms with Gasteiger partial charge in [0.15, 0.2) is 0 Å². The highest BCUT2D eigenvalue weighted by atomic mass is 16.5. The molecule has 0 unspecified atom stereocenters. The summed E-state index contributed by atoms with van der Waals surface area (Å²) in [6.07, 6.45) is 6.23. The summed E-state index contributed by atoms with van der Waals surface area (Å²) >= 11 is 0. The van der Waals surface area contributed by atoms with Gasteiger partial charge in [0.05, 0.1) is 0 Å². The first-order chi connectivity index (χ1) is 13.1. The summed E-state index contributed by atoms with van der Waals surface area (Å²) < 4.78 is 5.84.